The quantitative estimate of drug-likeness (QED) is 0.744. The van der Waals surface area contributed by atoms with E-state index in [-0.39, 0.29) is 17.9 Å². The number of ether oxygens (including phenoxy) is 1. The van der Waals surface area contributed by atoms with E-state index in [2.05, 4.69) is 10.6 Å². The maximum atomic E-state index is 12.4. The Balaban J connectivity index is 2.02. The van der Waals surface area contributed by atoms with Gasteiger partial charge in [0.1, 0.15) is 5.75 Å². The van der Waals surface area contributed by atoms with Gasteiger partial charge in [0.15, 0.2) is 0 Å². The molecule has 0 aliphatic carbocycles. The molecule has 0 unspecified atom stereocenters. The molecular formula is C21H26N2O3. The summed E-state index contributed by atoms with van der Waals surface area (Å²) in [5.74, 6) is 0.367. The van der Waals surface area contributed by atoms with E-state index in [1.807, 2.05) is 20.8 Å². The van der Waals surface area contributed by atoms with Gasteiger partial charge >= 0.3 is 0 Å². The van der Waals surface area contributed by atoms with Gasteiger partial charge in [0, 0.05) is 22.9 Å². The van der Waals surface area contributed by atoms with Gasteiger partial charge in [0.25, 0.3) is 11.8 Å². The number of benzene rings is 2. The average Bonchev–Trinajstić information content (AvgIpc) is 2.66. The lowest BCUT2D eigenvalue weighted by Crippen LogP contribution is -2.31. The SMILES string of the molecule is CCCOc1ccc(C(=O)Nc2cccc(C(=O)N[C@@H](C)CC)c2)cc1. The van der Waals surface area contributed by atoms with Crippen molar-refractivity contribution in [2.24, 2.45) is 0 Å². The van der Waals surface area contributed by atoms with Crippen molar-refractivity contribution in [1.82, 2.24) is 5.32 Å². The zero-order valence-corrected chi connectivity index (χ0v) is 15.5. The lowest BCUT2D eigenvalue weighted by Gasteiger charge is -2.12. The summed E-state index contributed by atoms with van der Waals surface area (Å²) in [5, 5.41) is 5.74. The number of anilines is 1. The molecule has 0 saturated heterocycles. The Morgan fingerprint density at radius 2 is 1.73 bits per heavy atom. The molecule has 0 radical (unpaired) electrons. The average molecular weight is 354 g/mol. The highest BCUT2D eigenvalue weighted by Crippen LogP contribution is 2.16. The summed E-state index contributed by atoms with van der Waals surface area (Å²) in [4.78, 5) is 24.6. The molecule has 0 saturated carbocycles. The second kappa shape index (κ2) is 9.61. The summed E-state index contributed by atoms with van der Waals surface area (Å²) in [7, 11) is 0. The van der Waals surface area contributed by atoms with E-state index in [1.165, 1.54) is 0 Å². The van der Waals surface area contributed by atoms with Gasteiger partial charge in [-0.3, -0.25) is 9.59 Å². The van der Waals surface area contributed by atoms with Crippen LogP contribution in [0.15, 0.2) is 48.5 Å². The monoisotopic (exact) mass is 354 g/mol. The zero-order valence-electron chi connectivity index (χ0n) is 15.5. The minimum atomic E-state index is -0.230. The molecule has 1 atom stereocenters. The minimum absolute atomic E-state index is 0.106. The van der Waals surface area contributed by atoms with E-state index in [9.17, 15) is 9.59 Å². The predicted octanol–water partition coefficient (Wildman–Crippen LogP) is 4.26. The van der Waals surface area contributed by atoms with E-state index in [4.69, 9.17) is 4.74 Å². The molecule has 26 heavy (non-hydrogen) atoms. The van der Waals surface area contributed by atoms with Crippen LogP contribution in [0.3, 0.4) is 0 Å². The number of hydrogen-bond donors (Lipinski definition) is 2. The molecule has 2 amide bonds. The van der Waals surface area contributed by atoms with Gasteiger partial charge in [-0.25, -0.2) is 0 Å². The fourth-order valence-electron chi connectivity index (χ4n) is 2.27. The second-order valence-electron chi connectivity index (χ2n) is 6.19. The van der Waals surface area contributed by atoms with Gasteiger partial charge in [-0.1, -0.05) is 19.9 Å². The van der Waals surface area contributed by atoms with Gasteiger partial charge in [-0.2, -0.15) is 0 Å². The maximum Gasteiger partial charge on any atom is 0.255 e. The third kappa shape index (κ3) is 5.62. The topological polar surface area (TPSA) is 67.4 Å². The predicted molar refractivity (Wildman–Crippen MR) is 104 cm³/mol. The Labute approximate surface area is 154 Å². The number of hydrogen-bond acceptors (Lipinski definition) is 3. The van der Waals surface area contributed by atoms with E-state index in [0.717, 1.165) is 18.6 Å². The summed E-state index contributed by atoms with van der Waals surface area (Å²) < 4.78 is 5.51. The van der Waals surface area contributed by atoms with Crippen LogP contribution in [-0.2, 0) is 0 Å². The van der Waals surface area contributed by atoms with Gasteiger partial charge in [-0.15, -0.1) is 0 Å². The molecule has 2 rings (SSSR count). The Morgan fingerprint density at radius 1 is 1.00 bits per heavy atom. The summed E-state index contributed by atoms with van der Waals surface area (Å²) in [6.07, 6.45) is 1.79. The molecule has 0 heterocycles. The lowest BCUT2D eigenvalue weighted by molar-refractivity contribution is 0.0938. The lowest BCUT2D eigenvalue weighted by atomic mass is 10.1. The van der Waals surface area contributed by atoms with Crippen molar-refractivity contribution in [3.63, 3.8) is 0 Å². The van der Waals surface area contributed by atoms with Crippen LogP contribution < -0.4 is 15.4 Å². The molecule has 138 valence electrons. The van der Waals surface area contributed by atoms with Crippen LogP contribution in [-0.4, -0.2) is 24.5 Å². The van der Waals surface area contributed by atoms with Crippen molar-refractivity contribution in [1.29, 1.82) is 0 Å². The van der Waals surface area contributed by atoms with Gasteiger partial charge in [0.05, 0.1) is 6.61 Å². The van der Waals surface area contributed by atoms with Crippen molar-refractivity contribution >= 4 is 17.5 Å². The van der Waals surface area contributed by atoms with Crippen molar-refractivity contribution in [3.05, 3.63) is 59.7 Å². The number of carbonyl (C=O) groups excluding carboxylic acids is 2. The molecule has 0 aromatic heterocycles. The third-order valence-electron chi connectivity index (χ3n) is 3.96. The first kappa shape index (κ1) is 19.5. The first-order valence-corrected chi connectivity index (χ1v) is 8.98. The normalized spacial score (nSPS) is 11.5. The van der Waals surface area contributed by atoms with Crippen molar-refractivity contribution < 1.29 is 14.3 Å². The molecule has 2 aromatic carbocycles. The van der Waals surface area contributed by atoms with Crippen LogP contribution in [0.1, 0.15) is 54.3 Å². The smallest absolute Gasteiger partial charge is 0.255 e. The largest absolute Gasteiger partial charge is 0.494 e. The van der Waals surface area contributed by atoms with Crippen LogP contribution >= 0.6 is 0 Å². The molecule has 0 fully saturated rings. The van der Waals surface area contributed by atoms with Crippen molar-refractivity contribution in [2.45, 2.75) is 39.7 Å². The van der Waals surface area contributed by atoms with Crippen molar-refractivity contribution in [3.8, 4) is 5.75 Å². The summed E-state index contributed by atoms with van der Waals surface area (Å²) in [6, 6.07) is 14.0. The Kier molecular flexibility index (Phi) is 7.21. The molecule has 0 bridgehead atoms. The van der Waals surface area contributed by atoms with E-state index in [0.29, 0.717) is 23.4 Å². The fraction of sp³-hybridized carbons (Fsp3) is 0.333. The molecule has 0 aliphatic rings. The maximum absolute atomic E-state index is 12.4. The van der Waals surface area contributed by atoms with Crippen LogP contribution in [0.5, 0.6) is 5.75 Å². The fourth-order valence-corrected chi connectivity index (χ4v) is 2.27. The zero-order chi connectivity index (χ0) is 18.9. The molecule has 0 spiro atoms. The Hall–Kier alpha value is -2.82. The first-order valence-electron chi connectivity index (χ1n) is 8.98. The Bertz CT molecular complexity index is 741. The van der Waals surface area contributed by atoms with Crippen LogP contribution in [0, 0.1) is 0 Å². The molecule has 2 N–H and O–H groups in total. The summed E-state index contributed by atoms with van der Waals surface area (Å²) in [5.41, 5.74) is 1.63. The van der Waals surface area contributed by atoms with E-state index in [1.54, 1.807) is 48.5 Å². The van der Waals surface area contributed by atoms with Gasteiger partial charge in [-0.05, 0) is 62.2 Å². The number of carbonyl (C=O) groups is 2. The molecular weight excluding hydrogens is 328 g/mol. The second-order valence-corrected chi connectivity index (χ2v) is 6.19. The van der Waals surface area contributed by atoms with Crippen LogP contribution in [0.2, 0.25) is 0 Å². The standard InChI is InChI=1S/C21H26N2O3/c1-4-13-26-19-11-9-16(10-12-19)20(24)23-18-8-6-7-17(14-18)21(25)22-15(3)5-2/h6-12,14-15H,4-5,13H2,1-3H3,(H,22,25)(H,23,24)/t15-/m0/s1. The highest BCUT2D eigenvalue weighted by Gasteiger charge is 2.11. The first-order chi connectivity index (χ1) is 12.5. The Morgan fingerprint density at radius 3 is 2.38 bits per heavy atom. The number of nitrogens with one attached hydrogen (secondary N) is 2. The minimum Gasteiger partial charge on any atom is -0.494 e. The molecule has 2 aromatic rings. The van der Waals surface area contributed by atoms with E-state index >= 15 is 0 Å². The molecule has 5 heteroatoms. The summed E-state index contributed by atoms with van der Waals surface area (Å²) in [6.45, 7) is 6.66. The van der Waals surface area contributed by atoms with Crippen LogP contribution in [0.25, 0.3) is 0 Å². The van der Waals surface area contributed by atoms with Gasteiger partial charge in [0.2, 0.25) is 0 Å². The van der Waals surface area contributed by atoms with Crippen LogP contribution in [0.4, 0.5) is 5.69 Å². The number of rotatable bonds is 8. The highest BCUT2D eigenvalue weighted by atomic mass is 16.5. The third-order valence-corrected chi connectivity index (χ3v) is 3.96. The van der Waals surface area contributed by atoms with Gasteiger partial charge < -0.3 is 15.4 Å². The molecule has 5 nitrogen and oxygen atoms in total. The summed E-state index contributed by atoms with van der Waals surface area (Å²) >= 11 is 0. The molecule has 0 aliphatic heterocycles. The highest BCUT2D eigenvalue weighted by molar-refractivity contribution is 6.05. The van der Waals surface area contributed by atoms with E-state index < -0.39 is 0 Å². The number of amides is 2. The van der Waals surface area contributed by atoms with Crippen molar-refractivity contribution in [2.75, 3.05) is 11.9 Å².